The van der Waals surface area contributed by atoms with Crippen LogP contribution in [0.15, 0.2) is 30.3 Å². The van der Waals surface area contributed by atoms with Gasteiger partial charge in [-0.25, -0.2) is 4.98 Å². The summed E-state index contributed by atoms with van der Waals surface area (Å²) in [6, 6.07) is 10.5. The number of fused-ring (bicyclic) bond motifs is 1. The van der Waals surface area contributed by atoms with Gasteiger partial charge in [0.15, 0.2) is 0 Å². The number of hydrogen-bond acceptors (Lipinski definition) is 3. The molecule has 0 radical (unpaired) electrons. The predicted octanol–water partition coefficient (Wildman–Crippen LogP) is 3.22. The second-order valence-corrected chi connectivity index (χ2v) is 6.62. The first-order valence-corrected chi connectivity index (χ1v) is 7.20. The molecule has 2 rings (SSSR count). The molecule has 0 bridgehead atoms. The number of nitrogens with zero attached hydrogens (tertiary/aromatic N) is 2. The number of benzene rings is 1. The van der Waals surface area contributed by atoms with Gasteiger partial charge < -0.3 is 10.6 Å². The van der Waals surface area contributed by atoms with Crippen LogP contribution in [0.4, 0.5) is 5.82 Å². The van der Waals surface area contributed by atoms with E-state index in [1.54, 1.807) is 0 Å². The fraction of sp³-hybridized carbons (Fsp3) is 0.471. The Morgan fingerprint density at radius 1 is 1.20 bits per heavy atom. The lowest BCUT2D eigenvalue weighted by Gasteiger charge is -2.29. The third-order valence-electron chi connectivity index (χ3n) is 3.27. The molecule has 0 aliphatic carbocycles. The van der Waals surface area contributed by atoms with Crippen molar-refractivity contribution in [2.24, 2.45) is 11.1 Å². The summed E-state index contributed by atoms with van der Waals surface area (Å²) < 4.78 is 0. The summed E-state index contributed by atoms with van der Waals surface area (Å²) in [4.78, 5) is 7.10. The van der Waals surface area contributed by atoms with Crippen LogP contribution in [-0.4, -0.2) is 25.1 Å². The van der Waals surface area contributed by atoms with Gasteiger partial charge in [-0.1, -0.05) is 39.0 Å². The summed E-state index contributed by atoms with van der Waals surface area (Å²) in [5.41, 5.74) is 8.27. The quantitative estimate of drug-likeness (QED) is 0.928. The van der Waals surface area contributed by atoms with Gasteiger partial charge in [0.05, 0.1) is 5.52 Å². The molecule has 20 heavy (non-hydrogen) atoms. The predicted molar refractivity (Wildman–Crippen MR) is 87.2 cm³/mol. The normalized spacial score (nSPS) is 11.8. The van der Waals surface area contributed by atoms with Crippen molar-refractivity contribution in [1.82, 2.24) is 4.98 Å². The van der Waals surface area contributed by atoms with E-state index in [1.165, 1.54) is 10.9 Å². The van der Waals surface area contributed by atoms with E-state index in [2.05, 4.69) is 57.0 Å². The maximum atomic E-state index is 5.75. The molecule has 2 aromatic rings. The summed E-state index contributed by atoms with van der Waals surface area (Å²) in [6.07, 6.45) is 0.863. The lowest BCUT2D eigenvalue weighted by atomic mass is 9.96. The molecule has 1 heterocycles. The second kappa shape index (κ2) is 5.80. The van der Waals surface area contributed by atoms with E-state index < -0.39 is 0 Å². The molecule has 108 valence electrons. The van der Waals surface area contributed by atoms with Crippen molar-refractivity contribution < 1.29 is 0 Å². The highest BCUT2D eigenvalue weighted by Crippen LogP contribution is 2.26. The molecule has 0 saturated heterocycles. The molecule has 0 fully saturated rings. The van der Waals surface area contributed by atoms with Crippen LogP contribution in [0, 0.1) is 5.41 Å². The number of hydrogen-bond donors (Lipinski definition) is 1. The molecule has 0 spiro atoms. The minimum absolute atomic E-state index is 0.238. The molecule has 0 aliphatic heterocycles. The summed E-state index contributed by atoms with van der Waals surface area (Å²) in [6.45, 7) is 8.35. The molecule has 0 amide bonds. The minimum Gasteiger partial charge on any atom is -0.359 e. The van der Waals surface area contributed by atoms with Crippen LogP contribution in [0.3, 0.4) is 0 Å². The van der Waals surface area contributed by atoms with Gasteiger partial charge in [-0.3, -0.25) is 0 Å². The van der Waals surface area contributed by atoms with E-state index in [0.29, 0.717) is 6.54 Å². The van der Waals surface area contributed by atoms with Crippen molar-refractivity contribution in [2.45, 2.75) is 27.2 Å². The van der Waals surface area contributed by atoms with Crippen LogP contribution in [0.2, 0.25) is 0 Å². The summed E-state index contributed by atoms with van der Waals surface area (Å²) in [5, 5.41) is 1.18. The second-order valence-electron chi connectivity index (χ2n) is 6.62. The fourth-order valence-electron chi connectivity index (χ4n) is 2.61. The molecule has 1 aromatic heterocycles. The smallest absolute Gasteiger partial charge is 0.132 e. The Hall–Kier alpha value is -1.61. The first-order chi connectivity index (χ1) is 9.40. The maximum absolute atomic E-state index is 5.75. The van der Waals surface area contributed by atoms with Crippen molar-refractivity contribution in [3.8, 4) is 0 Å². The first kappa shape index (κ1) is 14.8. The molecule has 3 heteroatoms. The van der Waals surface area contributed by atoms with Gasteiger partial charge in [-0.15, -0.1) is 0 Å². The number of aromatic nitrogens is 1. The first-order valence-electron chi connectivity index (χ1n) is 7.20. The van der Waals surface area contributed by atoms with Crippen molar-refractivity contribution >= 4 is 16.7 Å². The van der Waals surface area contributed by atoms with Crippen molar-refractivity contribution in [3.63, 3.8) is 0 Å². The highest BCUT2D eigenvalue weighted by atomic mass is 15.2. The highest BCUT2D eigenvalue weighted by molar-refractivity contribution is 5.81. The standard InChI is InChI=1S/C17H25N3/c1-17(2,3)12-20(4)16-14(9-10-18)11-13-7-5-6-8-15(13)19-16/h5-8,11H,9-10,12,18H2,1-4H3. The van der Waals surface area contributed by atoms with E-state index in [0.717, 1.165) is 24.3 Å². The largest absolute Gasteiger partial charge is 0.359 e. The molecule has 0 saturated carbocycles. The minimum atomic E-state index is 0.238. The third-order valence-corrected chi connectivity index (χ3v) is 3.27. The molecule has 2 N–H and O–H groups in total. The van der Waals surface area contributed by atoms with E-state index in [1.807, 2.05) is 6.07 Å². The third kappa shape index (κ3) is 3.48. The lowest BCUT2D eigenvalue weighted by Crippen LogP contribution is -2.30. The van der Waals surface area contributed by atoms with E-state index in [-0.39, 0.29) is 5.41 Å². The van der Waals surface area contributed by atoms with E-state index >= 15 is 0 Å². The zero-order chi connectivity index (χ0) is 14.8. The van der Waals surface area contributed by atoms with Crippen molar-refractivity contribution in [3.05, 3.63) is 35.9 Å². The van der Waals surface area contributed by atoms with Crippen LogP contribution >= 0.6 is 0 Å². The average Bonchev–Trinajstić information content (AvgIpc) is 2.36. The Kier molecular flexibility index (Phi) is 4.29. The molecule has 0 atom stereocenters. The van der Waals surface area contributed by atoms with Gasteiger partial charge in [0.25, 0.3) is 0 Å². The van der Waals surface area contributed by atoms with Gasteiger partial charge in [0, 0.05) is 19.0 Å². The molecular formula is C17H25N3. The Bertz CT molecular complexity index is 584. The Balaban J connectivity index is 2.46. The Morgan fingerprint density at radius 3 is 2.55 bits per heavy atom. The molecular weight excluding hydrogens is 246 g/mol. The van der Waals surface area contributed by atoms with Crippen LogP contribution in [0.5, 0.6) is 0 Å². The number of nitrogens with two attached hydrogens (primary N) is 1. The highest BCUT2D eigenvalue weighted by Gasteiger charge is 2.17. The van der Waals surface area contributed by atoms with Gasteiger partial charge in [0.2, 0.25) is 0 Å². The van der Waals surface area contributed by atoms with Crippen LogP contribution < -0.4 is 10.6 Å². The van der Waals surface area contributed by atoms with Crippen LogP contribution in [0.1, 0.15) is 26.3 Å². The Morgan fingerprint density at radius 2 is 1.90 bits per heavy atom. The van der Waals surface area contributed by atoms with E-state index in [9.17, 15) is 0 Å². The van der Waals surface area contributed by atoms with Gasteiger partial charge in [-0.05, 0) is 36.1 Å². The van der Waals surface area contributed by atoms with Crippen LogP contribution in [0.25, 0.3) is 10.9 Å². The summed E-state index contributed by atoms with van der Waals surface area (Å²) in [7, 11) is 2.11. The fourth-order valence-corrected chi connectivity index (χ4v) is 2.61. The van der Waals surface area contributed by atoms with E-state index in [4.69, 9.17) is 10.7 Å². The zero-order valence-electron chi connectivity index (χ0n) is 13.0. The SMILES string of the molecule is CN(CC(C)(C)C)c1nc2ccccc2cc1CCN. The van der Waals surface area contributed by atoms with Gasteiger partial charge in [0.1, 0.15) is 5.82 Å². The molecule has 3 nitrogen and oxygen atoms in total. The molecule has 1 aromatic carbocycles. The summed E-state index contributed by atoms with van der Waals surface area (Å²) >= 11 is 0. The van der Waals surface area contributed by atoms with Crippen molar-refractivity contribution in [2.75, 3.05) is 25.0 Å². The Labute approximate surface area is 121 Å². The van der Waals surface area contributed by atoms with Gasteiger partial charge >= 0.3 is 0 Å². The number of pyridine rings is 1. The molecule has 0 unspecified atom stereocenters. The lowest BCUT2D eigenvalue weighted by molar-refractivity contribution is 0.417. The van der Waals surface area contributed by atoms with Crippen LogP contribution in [-0.2, 0) is 6.42 Å². The van der Waals surface area contributed by atoms with Crippen molar-refractivity contribution in [1.29, 1.82) is 0 Å². The summed E-state index contributed by atoms with van der Waals surface area (Å²) in [5.74, 6) is 1.06. The zero-order valence-corrected chi connectivity index (χ0v) is 13.0. The maximum Gasteiger partial charge on any atom is 0.132 e. The topological polar surface area (TPSA) is 42.2 Å². The number of anilines is 1. The molecule has 0 aliphatic rings. The number of para-hydroxylation sites is 1. The monoisotopic (exact) mass is 271 g/mol. The van der Waals surface area contributed by atoms with Gasteiger partial charge in [-0.2, -0.15) is 0 Å². The number of rotatable bonds is 4. The average molecular weight is 271 g/mol.